The molecular weight excluding hydrogens is 342 g/mol. The van der Waals surface area contributed by atoms with E-state index in [0.29, 0.717) is 0 Å². The van der Waals surface area contributed by atoms with Crippen LogP contribution in [-0.2, 0) is 22.4 Å². The number of thiol groups is 1. The van der Waals surface area contributed by atoms with Crippen LogP contribution in [0.3, 0.4) is 0 Å². The van der Waals surface area contributed by atoms with E-state index in [1.807, 2.05) is 0 Å². The number of hydrogen-bond acceptors (Lipinski definition) is 1. The molecule has 0 aromatic heterocycles. The van der Waals surface area contributed by atoms with Gasteiger partial charge in [0.25, 0.3) is 0 Å². The summed E-state index contributed by atoms with van der Waals surface area (Å²) in [6.45, 7) is 4.50. The van der Waals surface area contributed by atoms with Gasteiger partial charge in [0.2, 0.25) is 0 Å². The normalized spacial score (nSPS) is 10.8. The van der Waals surface area contributed by atoms with Crippen LogP contribution in [0.2, 0.25) is 0 Å². The van der Waals surface area contributed by atoms with Crippen molar-refractivity contribution in [3.05, 3.63) is 0 Å². The van der Waals surface area contributed by atoms with Crippen molar-refractivity contribution in [2.24, 2.45) is 5.73 Å². The number of unbranched alkanes of at least 4 members (excludes halogenated alkanes) is 6. The molecule has 1 radical (unpaired) electrons. The summed E-state index contributed by atoms with van der Waals surface area (Å²) < 4.78 is 0.808. The SMILES string of the molecule is CCCCCC[SH](CCCCCC)C(N)=S.[Ag]. The van der Waals surface area contributed by atoms with Crippen LogP contribution in [0.25, 0.3) is 0 Å². The van der Waals surface area contributed by atoms with Gasteiger partial charge in [0.1, 0.15) is 4.32 Å². The molecule has 109 valence electrons. The third-order valence-corrected chi connectivity index (χ3v) is 5.98. The maximum absolute atomic E-state index is 5.83. The van der Waals surface area contributed by atoms with Crippen molar-refractivity contribution in [1.29, 1.82) is 0 Å². The fourth-order valence-corrected chi connectivity index (χ4v) is 4.21. The van der Waals surface area contributed by atoms with Gasteiger partial charge >= 0.3 is 0 Å². The van der Waals surface area contributed by atoms with Crippen LogP contribution < -0.4 is 5.73 Å². The summed E-state index contributed by atoms with van der Waals surface area (Å²) in [5.41, 5.74) is 5.83. The van der Waals surface area contributed by atoms with Crippen molar-refractivity contribution >= 4 is 27.4 Å². The fourth-order valence-electron chi connectivity index (χ4n) is 1.79. The monoisotopic (exact) mass is 370 g/mol. The van der Waals surface area contributed by atoms with E-state index in [-0.39, 0.29) is 33.3 Å². The van der Waals surface area contributed by atoms with Gasteiger partial charge in [-0.1, -0.05) is 64.6 Å². The topological polar surface area (TPSA) is 26.0 Å². The van der Waals surface area contributed by atoms with Gasteiger partial charge in [-0.05, 0) is 24.3 Å². The zero-order valence-corrected chi connectivity index (χ0v) is 14.5. The molecule has 0 heterocycles. The zero-order chi connectivity index (χ0) is 12.2. The Morgan fingerprint density at radius 2 is 1.29 bits per heavy atom. The number of hydrogen-bond donors (Lipinski definition) is 2. The maximum Gasteiger partial charge on any atom is 0.111 e. The first-order valence-electron chi connectivity index (χ1n) is 6.76. The van der Waals surface area contributed by atoms with Crippen molar-refractivity contribution in [2.75, 3.05) is 11.5 Å². The molecule has 17 heavy (non-hydrogen) atoms. The van der Waals surface area contributed by atoms with Gasteiger partial charge < -0.3 is 5.73 Å². The largest absolute Gasteiger partial charge is 0.386 e. The van der Waals surface area contributed by atoms with Gasteiger partial charge in [-0.2, -0.15) is 0 Å². The van der Waals surface area contributed by atoms with Crippen LogP contribution in [0.15, 0.2) is 0 Å². The third kappa shape index (κ3) is 13.2. The second kappa shape index (κ2) is 15.0. The zero-order valence-electron chi connectivity index (χ0n) is 11.3. The minimum Gasteiger partial charge on any atom is -0.386 e. The second-order valence-electron chi connectivity index (χ2n) is 4.45. The van der Waals surface area contributed by atoms with E-state index in [1.165, 1.54) is 62.9 Å². The minimum absolute atomic E-state index is 0. The van der Waals surface area contributed by atoms with Crippen LogP contribution in [0.4, 0.5) is 0 Å². The first-order chi connectivity index (χ1) is 7.72. The molecule has 1 nitrogen and oxygen atoms in total. The van der Waals surface area contributed by atoms with Gasteiger partial charge in [0.05, 0.1) is 0 Å². The molecule has 0 fully saturated rings. The first kappa shape index (κ1) is 20.3. The molecule has 2 N–H and O–H groups in total. The number of thiocarbonyl (C=S) groups is 1. The molecule has 0 rings (SSSR count). The van der Waals surface area contributed by atoms with E-state index in [1.54, 1.807) is 0 Å². The van der Waals surface area contributed by atoms with Crippen LogP contribution >= 0.6 is 23.1 Å². The quantitative estimate of drug-likeness (QED) is 0.258. The van der Waals surface area contributed by atoms with Crippen molar-refractivity contribution in [3.63, 3.8) is 0 Å². The molecule has 0 aliphatic heterocycles. The summed E-state index contributed by atoms with van der Waals surface area (Å²) in [6, 6.07) is 0. The molecule has 0 amide bonds. The van der Waals surface area contributed by atoms with Crippen molar-refractivity contribution in [1.82, 2.24) is 0 Å². The Labute approximate surface area is 132 Å². The molecule has 0 unspecified atom stereocenters. The van der Waals surface area contributed by atoms with Crippen LogP contribution in [0, 0.1) is 0 Å². The average molecular weight is 371 g/mol. The van der Waals surface area contributed by atoms with E-state index < -0.39 is 0 Å². The standard InChI is InChI=1S/C13H29NS2.Ag/c1-3-5-7-9-11-16(13(14)15)12-10-8-6-4-2;/h16H,3-12H2,1-2H3,(H2,14,15);. The number of nitrogens with two attached hydrogens (primary N) is 1. The van der Waals surface area contributed by atoms with E-state index in [2.05, 4.69) is 13.8 Å². The van der Waals surface area contributed by atoms with E-state index in [4.69, 9.17) is 18.0 Å². The molecule has 0 aromatic rings. The predicted octanol–water partition coefficient (Wildman–Crippen LogP) is 4.39. The molecule has 0 bridgehead atoms. The van der Waals surface area contributed by atoms with Crippen LogP contribution in [0.5, 0.6) is 0 Å². The molecule has 4 heteroatoms. The van der Waals surface area contributed by atoms with Crippen LogP contribution in [0.1, 0.15) is 65.2 Å². The van der Waals surface area contributed by atoms with Crippen molar-refractivity contribution in [3.8, 4) is 0 Å². The average Bonchev–Trinajstić information content (AvgIpc) is 2.26. The summed E-state index contributed by atoms with van der Waals surface area (Å²) in [7, 11) is -0.144. The summed E-state index contributed by atoms with van der Waals surface area (Å²) in [5.74, 6) is 2.55. The molecular formula is C13H29AgNS2. The summed E-state index contributed by atoms with van der Waals surface area (Å²) in [5, 5.41) is 0. The van der Waals surface area contributed by atoms with E-state index in [9.17, 15) is 0 Å². The molecule has 0 spiro atoms. The van der Waals surface area contributed by atoms with Gasteiger partial charge in [-0.25, -0.2) is 10.9 Å². The summed E-state index contributed by atoms with van der Waals surface area (Å²) in [4.78, 5) is 0. The Morgan fingerprint density at radius 1 is 0.882 bits per heavy atom. The first-order valence-corrected chi connectivity index (χ1v) is 8.88. The third-order valence-electron chi connectivity index (χ3n) is 2.87. The van der Waals surface area contributed by atoms with Gasteiger partial charge in [0, 0.05) is 22.4 Å². The summed E-state index contributed by atoms with van der Waals surface area (Å²) >= 11 is 5.18. The van der Waals surface area contributed by atoms with Gasteiger partial charge in [-0.15, -0.1) is 0 Å². The molecule has 0 aliphatic carbocycles. The predicted molar refractivity (Wildman–Crippen MR) is 83.8 cm³/mol. The number of rotatable bonds is 10. The summed E-state index contributed by atoms with van der Waals surface area (Å²) in [6.07, 6.45) is 10.7. The Hall–Kier alpha value is 0.980. The molecule has 0 saturated carbocycles. The van der Waals surface area contributed by atoms with Gasteiger partial charge in [0.15, 0.2) is 0 Å². The van der Waals surface area contributed by atoms with Crippen molar-refractivity contribution in [2.45, 2.75) is 65.2 Å². The van der Waals surface area contributed by atoms with Crippen LogP contribution in [-0.4, -0.2) is 15.8 Å². The van der Waals surface area contributed by atoms with Crippen molar-refractivity contribution < 1.29 is 22.4 Å². The Bertz CT molecular complexity index is 165. The molecule has 0 atom stereocenters. The molecule has 0 aromatic carbocycles. The second-order valence-corrected chi connectivity index (χ2v) is 7.64. The Morgan fingerprint density at radius 3 is 1.59 bits per heavy atom. The Kier molecular flexibility index (Phi) is 18.0. The fraction of sp³-hybridized carbons (Fsp3) is 0.923. The Balaban J connectivity index is 0. The molecule has 0 aliphatic rings. The van der Waals surface area contributed by atoms with E-state index in [0.717, 1.165) is 4.32 Å². The van der Waals surface area contributed by atoms with E-state index >= 15 is 0 Å². The smallest absolute Gasteiger partial charge is 0.111 e. The molecule has 0 saturated heterocycles. The minimum atomic E-state index is -0.144. The maximum atomic E-state index is 5.83. The van der Waals surface area contributed by atoms with Gasteiger partial charge in [-0.3, -0.25) is 0 Å².